The summed E-state index contributed by atoms with van der Waals surface area (Å²) in [6.07, 6.45) is 5.14. The molecule has 1 aliphatic carbocycles. The van der Waals surface area contributed by atoms with Crippen LogP contribution in [0.25, 0.3) is 0 Å². The molecular formula is C8H8N2O3. The molecule has 1 aromatic heterocycles. The number of hydrogen-bond donors (Lipinski definition) is 0. The Morgan fingerprint density at radius 2 is 2.46 bits per heavy atom. The van der Waals surface area contributed by atoms with Crippen LogP contribution in [0, 0.1) is 5.92 Å². The molecule has 0 atom stereocenters. The highest BCUT2D eigenvalue weighted by Gasteiger charge is 2.32. The highest BCUT2D eigenvalue weighted by molar-refractivity contribution is 5.75. The van der Waals surface area contributed by atoms with Gasteiger partial charge in [-0.25, -0.2) is 4.79 Å². The highest BCUT2D eigenvalue weighted by Crippen LogP contribution is 2.29. The number of aldehydes is 1. The monoisotopic (exact) mass is 180 g/mol. The lowest BCUT2D eigenvalue weighted by Crippen LogP contribution is -2.21. The quantitative estimate of drug-likeness (QED) is 0.617. The molecule has 0 N–H and O–H groups in total. The van der Waals surface area contributed by atoms with E-state index in [-0.39, 0.29) is 11.9 Å². The van der Waals surface area contributed by atoms with Crippen molar-refractivity contribution in [2.24, 2.45) is 5.92 Å². The Balaban J connectivity index is 2.00. The fourth-order valence-electron chi connectivity index (χ4n) is 0.914. The SMILES string of the molecule is O=Cc1cnn(OC(=O)C2CC2)c1. The van der Waals surface area contributed by atoms with Crippen molar-refractivity contribution in [3.05, 3.63) is 18.0 Å². The first-order valence-corrected chi connectivity index (χ1v) is 4.01. The summed E-state index contributed by atoms with van der Waals surface area (Å²) in [6, 6.07) is 0. The molecule has 1 aromatic rings. The van der Waals surface area contributed by atoms with Crippen molar-refractivity contribution in [2.75, 3.05) is 0 Å². The van der Waals surface area contributed by atoms with Gasteiger partial charge < -0.3 is 4.84 Å². The zero-order valence-corrected chi connectivity index (χ0v) is 6.84. The molecule has 1 aliphatic rings. The van der Waals surface area contributed by atoms with E-state index in [9.17, 15) is 9.59 Å². The van der Waals surface area contributed by atoms with E-state index in [1.165, 1.54) is 12.4 Å². The maximum Gasteiger partial charge on any atom is 0.337 e. The minimum absolute atomic E-state index is 0.0314. The van der Waals surface area contributed by atoms with E-state index in [0.717, 1.165) is 17.7 Å². The molecular weight excluding hydrogens is 172 g/mol. The molecule has 0 aliphatic heterocycles. The van der Waals surface area contributed by atoms with Crippen molar-refractivity contribution in [1.29, 1.82) is 0 Å². The molecule has 0 aromatic carbocycles. The summed E-state index contributed by atoms with van der Waals surface area (Å²) >= 11 is 0. The second-order valence-corrected chi connectivity index (χ2v) is 2.98. The number of rotatable bonds is 3. The third-order valence-corrected chi connectivity index (χ3v) is 1.81. The van der Waals surface area contributed by atoms with E-state index in [2.05, 4.69) is 5.10 Å². The van der Waals surface area contributed by atoms with Gasteiger partial charge in [0.05, 0.1) is 23.9 Å². The maximum atomic E-state index is 11.1. The lowest BCUT2D eigenvalue weighted by atomic mass is 10.4. The van der Waals surface area contributed by atoms with Crippen LogP contribution in [0.2, 0.25) is 0 Å². The predicted octanol–water partition coefficient (Wildman–Crippen LogP) is 0.0608. The molecule has 0 spiro atoms. The largest absolute Gasteiger partial charge is 0.337 e. The molecule has 0 bridgehead atoms. The lowest BCUT2D eigenvalue weighted by molar-refractivity contribution is -0.147. The first-order chi connectivity index (χ1) is 6.29. The summed E-state index contributed by atoms with van der Waals surface area (Å²) in [6.45, 7) is 0. The zero-order chi connectivity index (χ0) is 9.26. The molecule has 0 amide bonds. The summed E-state index contributed by atoms with van der Waals surface area (Å²) in [5.74, 6) is -0.246. The van der Waals surface area contributed by atoms with Gasteiger partial charge in [0, 0.05) is 0 Å². The molecule has 1 saturated carbocycles. The zero-order valence-electron chi connectivity index (χ0n) is 6.84. The standard InChI is InChI=1S/C8H8N2O3/c11-5-6-3-9-10(4-6)13-8(12)7-1-2-7/h3-5,7H,1-2H2. The molecule has 13 heavy (non-hydrogen) atoms. The van der Waals surface area contributed by atoms with Crippen LogP contribution in [0.5, 0.6) is 0 Å². The summed E-state index contributed by atoms with van der Waals surface area (Å²) in [4.78, 5) is 27.2. The Bertz CT molecular complexity index is 341. The Labute approximate surface area is 74.2 Å². The van der Waals surface area contributed by atoms with Crippen molar-refractivity contribution in [1.82, 2.24) is 9.94 Å². The van der Waals surface area contributed by atoms with Gasteiger partial charge in [-0.1, -0.05) is 4.85 Å². The third kappa shape index (κ3) is 1.74. The number of carbonyl (C=O) groups is 2. The normalized spacial score (nSPS) is 15.4. The predicted molar refractivity (Wildman–Crippen MR) is 41.9 cm³/mol. The van der Waals surface area contributed by atoms with Crippen molar-refractivity contribution >= 4 is 12.3 Å². The molecule has 0 saturated heterocycles. The molecule has 68 valence electrons. The average Bonchev–Trinajstić information content (AvgIpc) is 2.88. The van der Waals surface area contributed by atoms with Gasteiger partial charge in [-0.2, -0.15) is 0 Å². The van der Waals surface area contributed by atoms with Gasteiger partial charge in [0.25, 0.3) is 0 Å². The fraction of sp³-hybridized carbons (Fsp3) is 0.375. The number of aromatic nitrogens is 2. The van der Waals surface area contributed by atoms with Gasteiger partial charge in [-0.05, 0) is 12.8 Å². The fourth-order valence-corrected chi connectivity index (χ4v) is 0.914. The lowest BCUT2D eigenvalue weighted by Gasteiger charge is -1.99. The molecule has 2 rings (SSSR count). The molecule has 0 unspecified atom stereocenters. The van der Waals surface area contributed by atoms with Crippen LogP contribution in [-0.4, -0.2) is 22.2 Å². The van der Waals surface area contributed by atoms with Gasteiger partial charge in [0.15, 0.2) is 6.29 Å². The second-order valence-electron chi connectivity index (χ2n) is 2.98. The van der Waals surface area contributed by atoms with E-state index < -0.39 is 0 Å². The van der Waals surface area contributed by atoms with Crippen LogP contribution in [-0.2, 0) is 4.79 Å². The van der Waals surface area contributed by atoms with Gasteiger partial charge in [0.2, 0.25) is 0 Å². The Kier molecular flexibility index (Phi) is 1.84. The van der Waals surface area contributed by atoms with Gasteiger partial charge in [-0.3, -0.25) is 4.79 Å². The van der Waals surface area contributed by atoms with Crippen molar-refractivity contribution in [3.63, 3.8) is 0 Å². The summed E-state index contributed by atoms with van der Waals surface area (Å²) in [5.41, 5.74) is 0.392. The number of carbonyl (C=O) groups excluding carboxylic acids is 2. The molecule has 0 radical (unpaired) electrons. The molecule has 1 fully saturated rings. The first-order valence-electron chi connectivity index (χ1n) is 4.01. The minimum Gasteiger partial charge on any atom is -0.319 e. The second kappa shape index (κ2) is 3.01. The van der Waals surface area contributed by atoms with Gasteiger partial charge >= 0.3 is 5.97 Å². The summed E-state index contributed by atoms with van der Waals surface area (Å²) in [7, 11) is 0. The maximum absolute atomic E-state index is 11.1. The summed E-state index contributed by atoms with van der Waals surface area (Å²) < 4.78 is 0. The van der Waals surface area contributed by atoms with E-state index in [1.54, 1.807) is 0 Å². The van der Waals surface area contributed by atoms with Gasteiger partial charge in [-0.15, -0.1) is 5.10 Å². The first kappa shape index (κ1) is 7.97. The average molecular weight is 180 g/mol. The van der Waals surface area contributed by atoms with Crippen LogP contribution in [0.3, 0.4) is 0 Å². The molecule has 5 nitrogen and oxygen atoms in total. The van der Waals surface area contributed by atoms with Crippen LogP contribution in [0.4, 0.5) is 0 Å². The highest BCUT2D eigenvalue weighted by atomic mass is 16.7. The minimum atomic E-state index is -0.277. The number of nitrogens with zero attached hydrogens (tertiary/aromatic N) is 2. The van der Waals surface area contributed by atoms with Gasteiger partial charge in [0.1, 0.15) is 0 Å². The van der Waals surface area contributed by atoms with E-state index in [4.69, 9.17) is 4.84 Å². The van der Waals surface area contributed by atoms with Crippen molar-refractivity contribution in [3.8, 4) is 0 Å². The van der Waals surface area contributed by atoms with Crippen LogP contribution >= 0.6 is 0 Å². The van der Waals surface area contributed by atoms with E-state index >= 15 is 0 Å². The third-order valence-electron chi connectivity index (χ3n) is 1.81. The molecule has 5 heteroatoms. The molecule has 1 heterocycles. The van der Waals surface area contributed by atoms with Crippen molar-refractivity contribution < 1.29 is 14.4 Å². The van der Waals surface area contributed by atoms with Crippen LogP contribution in [0.1, 0.15) is 23.2 Å². The Morgan fingerprint density at radius 3 is 3.00 bits per heavy atom. The smallest absolute Gasteiger partial charge is 0.319 e. The van der Waals surface area contributed by atoms with Crippen LogP contribution < -0.4 is 4.84 Å². The Morgan fingerprint density at radius 1 is 1.69 bits per heavy atom. The Hall–Kier alpha value is -1.65. The van der Waals surface area contributed by atoms with Crippen molar-refractivity contribution in [2.45, 2.75) is 12.8 Å². The summed E-state index contributed by atoms with van der Waals surface area (Å²) in [5, 5.41) is 3.68. The van der Waals surface area contributed by atoms with E-state index in [0.29, 0.717) is 11.8 Å². The van der Waals surface area contributed by atoms with E-state index in [1.807, 2.05) is 0 Å². The van der Waals surface area contributed by atoms with Crippen LogP contribution in [0.15, 0.2) is 12.4 Å². The number of hydrogen-bond acceptors (Lipinski definition) is 4. The topological polar surface area (TPSA) is 61.2 Å².